The van der Waals surface area contributed by atoms with E-state index in [-0.39, 0.29) is 22.2 Å². The molecule has 33 heavy (non-hydrogen) atoms. The summed E-state index contributed by atoms with van der Waals surface area (Å²) in [5, 5.41) is 6.26. The third-order valence-electron chi connectivity index (χ3n) is 4.69. The fourth-order valence-electron chi connectivity index (χ4n) is 3.18. The number of aromatic nitrogens is 3. The highest BCUT2D eigenvalue weighted by atomic mass is 32.1. The average molecular weight is 474 g/mol. The van der Waals surface area contributed by atoms with Gasteiger partial charge in [-0.25, -0.2) is 0 Å². The fraction of sp³-hybridized carbons (Fsp3) is 0.143. The minimum Gasteiger partial charge on any atom is -0.486 e. The Morgan fingerprint density at radius 1 is 1.03 bits per heavy atom. The molecule has 3 heterocycles. The minimum atomic E-state index is -4.56. The number of hydrogen-bond acceptors (Lipinski definition) is 8. The Morgan fingerprint density at radius 2 is 1.82 bits per heavy atom. The predicted molar refractivity (Wildman–Crippen MR) is 111 cm³/mol. The highest BCUT2D eigenvalue weighted by molar-refractivity contribution is 7.10. The van der Waals surface area contributed by atoms with E-state index >= 15 is 0 Å². The van der Waals surface area contributed by atoms with Crippen LogP contribution in [0.1, 0.15) is 16.1 Å². The van der Waals surface area contributed by atoms with Gasteiger partial charge < -0.3 is 14.0 Å². The van der Waals surface area contributed by atoms with E-state index in [4.69, 9.17) is 14.0 Å². The summed E-state index contributed by atoms with van der Waals surface area (Å²) in [4.78, 5) is 16.6. The summed E-state index contributed by atoms with van der Waals surface area (Å²) in [7, 11) is 0. The maximum absolute atomic E-state index is 13.3. The van der Waals surface area contributed by atoms with Crippen molar-refractivity contribution in [2.75, 3.05) is 18.5 Å². The quantitative estimate of drug-likeness (QED) is 0.449. The maximum atomic E-state index is 13.3. The lowest BCUT2D eigenvalue weighted by molar-refractivity contribution is -0.137. The molecule has 168 valence electrons. The van der Waals surface area contributed by atoms with Crippen molar-refractivity contribution in [2.45, 2.75) is 6.18 Å². The zero-order valence-corrected chi connectivity index (χ0v) is 17.4. The number of nitrogens with zero attached hydrogens (tertiary/aromatic N) is 3. The zero-order valence-electron chi connectivity index (χ0n) is 16.5. The standard InChI is InChI=1S/C21H13F3N4O4S/c22-21(23,24)13-4-2-1-3-12(13)18-25-20(33-28-18)26-19(29)14-10-16(32-27-14)11-5-6-15-17(9-11)31-8-7-30-15/h1-6,9-10H,7-8H2,(H,25,26,28,29). The monoisotopic (exact) mass is 474 g/mol. The zero-order chi connectivity index (χ0) is 23.0. The first kappa shape index (κ1) is 20.9. The van der Waals surface area contributed by atoms with Gasteiger partial charge in [-0.3, -0.25) is 10.1 Å². The number of anilines is 1. The molecule has 0 spiro atoms. The van der Waals surface area contributed by atoms with Crippen LogP contribution in [-0.4, -0.2) is 33.6 Å². The van der Waals surface area contributed by atoms with E-state index < -0.39 is 17.6 Å². The summed E-state index contributed by atoms with van der Waals surface area (Å²) in [6.07, 6.45) is -4.56. The van der Waals surface area contributed by atoms with Gasteiger partial charge in [-0.1, -0.05) is 23.4 Å². The highest BCUT2D eigenvalue weighted by Crippen LogP contribution is 2.37. The summed E-state index contributed by atoms with van der Waals surface area (Å²) in [6, 6.07) is 11.6. The van der Waals surface area contributed by atoms with Crippen molar-refractivity contribution < 1.29 is 32.0 Å². The van der Waals surface area contributed by atoms with Crippen molar-refractivity contribution in [1.82, 2.24) is 14.5 Å². The summed E-state index contributed by atoms with van der Waals surface area (Å²) >= 11 is 0.756. The first-order valence-corrected chi connectivity index (χ1v) is 10.3. The molecular formula is C21H13F3N4O4S. The molecule has 0 aliphatic carbocycles. The van der Waals surface area contributed by atoms with Crippen molar-refractivity contribution in [2.24, 2.45) is 0 Å². The molecule has 5 rings (SSSR count). The van der Waals surface area contributed by atoms with Crippen molar-refractivity contribution in [3.63, 3.8) is 0 Å². The van der Waals surface area contributed by atoms with Crippen LogP contribution in [0.2, 0.25) is 0 Å². The van der Waals surface area contributed by atoms with Crippen LogP contribution in [0.5, 0.6) is 11.5 Å². The molecule has 4 aromatic rings. The Hall–Kier alpha value is -3.93. The van der Waals surface area contributed by atoms with Gasteiger partial charge in [0.05, 0.1) is 5.56 Å². The van der Waals surface area contributed by atoms with Gasteiger partial charge in [0.1, 0.15) is 13.2 Å². The van der Waals surface area contributed by atoms with E-state index in [1.165, 1.54) is 24.3 Å². The van der Waals surface area contributed by atoms with Gasteiger partial charge in [0, 0.05) is 28.7 Å². The summed E-state index contributed by atoms with van der Waals surface area (Å²) in [5.41, 5.74) is -0.439. The van der Waals surface area contributed by atoms with Crippen LogP contribution in [0.15, 0.2) is 53.1 Å². The molecule has 0 fully saturated rings. The number of benzene rings is 2. The molecule has 0 bridgehead atoms. The summed E-state index contributed by atoms with van der Waals surface area (Å²) in [6.45, 7) is 0.895. The van der Waals surface area contributed by atoms with Crippen LogP contribution >= 0.6 is 11.5 Å². The van der Waals surface area contributed by atoms with E-state index in [1.54, 1.807) is 18.2 Å². The topological polar surface area (TPSA) is 99.4 Å². The highest BCUT2D eigenvalue weighted by Gasteiger charge is 2.34. The Balaban J connectivity index is 1.33. The molecule has 1 N–H and O–H groups in total. The van der Waals surface area contributed by atoms with Crippen molar-refractivity contribution >= 4 is 22.6 Å². The normalized spacial score (nSPS) is 13.1. The molecule has 2 aromatic heterocycles. The smallest absolute Gasteiger partial charge is 0.417 e. The van der Waals surface area contributed by atoms with Gasteiger partial charge in [0.25, 0.3) is 5.91 Å². The number of nitrogens with one attached hydrogen (secondary N) is 1. The molecule has 1 amide bonds. The Morgan fingerprint density at radius 3 is 2.64 bits per heavy atom. The van der Waals surface area contributed by atoms with E-state index in [2.05, 4.69) is 19.8 Å². The molecular weight excluding hydrogens is 461 g/mol. The molecule has 0 atom stereocenters. The molecule has 8 nitrogen and oxygen atoms in total. The second-order valence-corrected chi connectivity index (χ2v) is 7.61. The van der Waals surface area contributed by atoms with Crippen LogP contribution < -0.4 is 14.8 Å². The van der Waals surface area contributed by atoms with Gasteiger partial charge in [-0.05, 0) is 24.3 Å². The van der Waals surface area contributed by atoms with E-state index in [1.807, 2.05) is 0 Å². The van der Waals surface area contributed by atoms with Crippen LogP contribution in [-0.2, 0) is 6.18 Å². The lowest BCUT2D eigenvalue weighted by Gasteiger charge is -2.18. The first-order chi connectivity index (χ1) is 15.9. The largest absolute Gasteiger partial charge is 0.486 e. The number of halogens is 3. The Labute approximate surface area is 188 Å². The van der Waals surface area contributed by atoms with Crippen LogP contribution in [0, 0.1) is 0 Å². The third kappa shape index (κ3) is 4.24. The predicted octanol–water partition coefficient (Wildman–Crippen LogP) is 4.90. The van der Waals surface area contributed by atoms with E-state index in [0.717, 1.165) is 17.6 Å². The van der Waals surface area contributed by atoms with Crippen LogP contribution in [0.25, 0.3) is 22.7 Å². The van der Waals surface area contributed by atoms with Crippen molar-refractivity contribution in [3.05, 3.63) is 59.8 Å². The Bertz CT molecular complexity index is 1340. The molecule has 2 aromatic carbocycles. The molecule has 1 aliphatic heterocycles. The minimum absolute atomic E-state index is 0.0239. The van der Waals surface area contributed by atoms with Crippen molar-refractivity contribution in [3.8, 4) is 34.2 Å². The summed E-state index contributed by atoms with van der Waals surface area (Å²) < 4.78 is 60.0. The van der Waals surface area contributed by atoms with Gasteiger partial charge in [0.2, 0.25) is 5.13 Å². The lowest BCUT2D eigenvalue weighted by atomic mass is 10.1. The van der Waals surface area contributed by atoms with Gasteiger partial charge in [0.15, 0.2) is 28.8 Å². The first-order valence-electron chi connectivity index (χ1n) is 9.57. The molecule has 0 radical (unpaired) electrons. The number of carbonyl (C=O) groups excluding carboxylic acids is 1. The second-order valence-electron chi connectivity index (χ2n) is 6.86. The number of ether oxygens (including phenoxy) is 2. The number of alkyl halides is 3. The second kappa shape index (κ2) is 8.20. The number of hydrogen-bond donors (Lipinski definition) is 1. The molecule has 0 unspecified atom stereocenters. The number of carbonyl (C=O) groups is 1. The fourth-order valence-corrected chi connectivity index (χ4v) is 3.76. The molecule has 1 aliphatic rings. The van der Waals surface area contributed by atoms with Gasteiger partial charge >= 0.3 is 6.18 Å². The van der Waals surface area contributed by atoms with Crippen LogP contribution in [0.3, 0.4) is 0 Å². The van der Waals surface area contributed by atoms with Gasteiger partial charge in [-0.15, -0.1) is 0 Å². The lowest BCUT2D eigenvalue weighted by Crippen LogP contribution is -2.15. The van der Waals surface area contributed by atoms with Crippen LogP contribution in [0.4, 0.5) is 18.3 Å². The van der Waals surface area contributed by atoms with E-state index in [0.29, 0.717) is 36.0 Å². The Kier molecular flexibility index (Phi) is 5.21. The number of amides is 1. The third-order valence-corrected chi connectivity index (χ3v) is 5.32. The number of fused-ring (bicyclic) bond motifs is 1. The van der Waals surface area contributed by atoms with E-state index in [9.17, 15) is 18.0 Å². The van der Waals surface area contributed by atoms with Gasteiger partial charge in [-0.2, -0.15) is 22.5 Å². The number of rotatable bonds is 4. The molecule has 0 saturated carbocycles. The summed E-state index contributed by atoms with van der Waals surface area (Å²) in [5.74, 6) is 0.715. The van der Waals surface area contributed by atoms with Crippen molar-refractivity contribution in [1.29, 1.82) is 0 Å². The molecule has 12 heteroatoms. The SMILES string of the molecule is O=C(Nc1nc(-c2ccccc2C(F)(F)F)ns1)c1cc(-c2ccc3c(c2)OCCO3)on1. The maximum Gasteiger partial charge on any atom is 0.417 e. The average Bonchev–Trinajstić information content (AvgIpc) is 3.48. The molecule has 0 saturated heterocycles.